The molecule has 1 aliphatic rings. The number of methoxy groups -OCH3 is 1. The number of nitrogens with two attached hydrogens (primary N) is 1. The molecule has 3 nitrogen and oxygen atoms in total. The molecule has 0 aromatic carbocycles. The van der Waals surface area contributed by atoms with Gasteiger partial charge in [0.2, 0.25) is 0 Å². The molecule has 2 N–H and O–H groups in total. The fraction of sp³-hybridized carbons (Fsp3) is 0.833. The lowest BCUT2D eigenvalue weighted by Crippen LogP contribution is -2.44. The van der Waals surface area contributed by atoms with Gasteiger partial charge in [0.25, 0.3) is 0 Å². The zero-order valence-corrected chi connectivity index (χ0v) is 6.69. The summed E-state index contributed by atoms with van der Waals surface area (Å²) in [5, 5.41) is 0. The van der Waals surface area contributed by atoms with Gasteiger partial charge in [0.05, 0.1) is 7.11 Å². The zero-order chi connectivity index (χ0) is 7.56. The maximum atomic E-state index is 10.8. The van der Waals surface area contributed by atoms with Gasteiger partial charge in [-0.1, -0.05) is 0 Å². The van der Waals surface area contributed by atoms with Gasteiger partial charge < -0.3 is 10.5 Å². The maximum Gasteiger partial charge on any atom is 0.322 e. The minimum absolute atomic E-state index is 0.287. The second-order valence-electron chi connectivity index (χ2n) is 2.35. The zero-order valence-electron chi connectivity index (χ0n) is 5.87. The minimum Gasteiger partial charge on any atom is -0.468 e. The number of esters is 1. The Hall–Kier alpha value is -0.220. The molecule has 0 amide bonds. The first-order valence-electron chi connectivity index (χ1n) is 3.17. The molecule has 0 bridgehead atoms. The van der Waals surface area contributed by atoms with E-state index in [2.05, 4.69) is 4.74 Å². The van der Waals surface area contributed by atoms with Crippen LogP contribution in [0.5, 0.6) is 0 Å². The van der Waals surface area contributed by atoms with Crippen LogP contribution < -0.4 is 5.73 Å². The van der Waals surface area contributed by atoms with Crippen molar-refractivity contribution < 1.29 is 9.53 Å². The predicted octanol–water partition coefficient (Wildman–Crippen LogP) is -0.150. The molecule has 0 aromatic rings. The van der Waals surface area contributed by atoms with E-state index in [1.807, 2.05) is 11.8 Å². The van der Waals surface area contributed by atoms with Crippen molar-refractivity contribution in [2.45, 2.75) is 6.04 Å². The SMILES string of the molecule is COC(=O)C(N)C1CSC1. The Labute approximate surface area is 64.3 Å². The first kappa shape index (κ1) is 7.88. The van der Waals surface area contributed by atoms with Gasteiger partial charge in [-0.2, -0.15) is 11.8 Å². The van der Waals surface area contributed by atoms with Crippen LogP contribution in [0.2, 0.25) is 0 Å². The summed E-state index contributed by atoms with van der Waals surface area (Å²) in [4.78, 5) is 10.8. The van der Waals surface area contributed by atoms with Gasteiger partial charge in [-0.15, -0.1) is 0 Å². The number of hydrogen-bond acceptors (Lipinski definition) is 4. The van der Waals surface area contributed by atoms with Crippen LogP contribution in [0.4, 0.5) is 0 Å². The third kappa shape index (κ3) is 1.44. The molecule has 4 heteroatoms. The molecule has 1 rings (SSSR count). The van der Waals surface area contributed by atoms with Crippen LogP contribution in [-0.4, -0.2) is 30.6 Å². The van der Waals surface area contributed by atoms with Crippen molar-refractivity contribution in [3.63, 3.8) is 0 Å². The van der Waals surface area contributed by atoms with Gasteiger partial charge in [-0.25, -0.2) is 0 Å². The summed E-state index contributed by atoms with van der Waals surface area (Å²) in [6.45, 7) is 0. The van der Waals surface area contributed by atoms with E-state index in [-0.39, 0.29) is 5.97 Å². The van der Waals surface area contributed by atoms with Crippen LogP contribution in [0.15, 0.2) is 0 Å². The van der Waals surface area contributed by atoms with Crippen molar-refractivity contribution in [3.8, 4) is 0 Å². The first-order valence-corrected chi connectivity index (χ1v) is 4.32. The van der Waals surface area contributed by atoms with Crippen molar-refractivity contribution in [2.75, 3.05) is 18.6 Å². The summed E-state index contributed by atoms with van der Waals surface area (Å²) >= 11 is 1.81. The normalized spacial score (nSPS) is 21.4. The summed E-state index contributed by atoms with van der Waals surface area (Å²) < 4.78 is 4.50. The van der Waals surface area contributed by atoms with Crippen molar-refractivity contribution in [1.82, 2.24) is 0 Å². The van der Waals surface area contributed by atoms with E-state index in [0.29, 0.717) is 5.92 Å². The van der Waals surface area contributed by atoms with Gasteiger partial charge in [0.15, 0.2) is 0 Å². The molecular weight excluding hydrogens is 150 g/mol. The smallest absolute Gasteiger partial charge is 0.322 e. The molecule has 1 fully saturated rings. The minimum atomic E-state index is -0.397. The lowest BCUT2D eigenvalue weighted by Gasteiger charge is -2.28. The average Bonchev–Trinajstić information content (AvgIpc) is 1.82. The van der Waals surface area contributed by atoms with E-state index in [0.717, 1.165) is 11.5 Å². The quantitative estimate of drug-likeness (QED) is 0.572. The highest BCUT2D eigenvalue weighted by Gasteiger charge is 2.30. The van der Waals surface area contributed by atoms with Crippen molar-refractivity contribution in [1.29, 1.82) is 0 Å². The number of hydrogen-bond donors (Lipinski definition) is 1. The van der Waals surface area contributed by atoms with Crippen molar-refractivity contribution in [2.24, 2.45) is 11.7 Å². The largest absolute Gasteiger partial charge is 0.468 e. The highest BCUT2D eigenvalue weighted by molar-refractivity contribution is 8.00. The molecule has 58 valence electrons. The van der Waals surface area contributed by atoms with E-state index in [9.17, 15) is 4.79 Å². The molecule has 1 saturated heterocycles. The molecule has 0 spiro atoms. The second kappa shape index (κ2) is 3.25. The Morgan fingerprint density at radius 3 is 2.70 bits per heavy atom. The van der Waals surface area contributed by atoms with Gasteiger partial charge in [0.1, 0.15) is 6.04 Å². The van der Waals surface area contributed by atoms with E-state index < -0.39 is 6.04 Å². The van der Waals surface area contributed by atoms with E-state index in [1.54, 1.807) is 0 Å². The molecule has 0 aliphatic carbocycles. The van der Waals surface area contributed by atoms with Gasteiger partial charge >= 0.3 is 5.97 Å². The van der Waals surface area contributed by atoms with Gasteiger partial charge in [0, 0.05) is 5.92 Å². The molecule has 0 radical (unpaired) electrons. The number of carbonyl (C=O) groups excluding carboxylic acids is 1. The lowest BCUT2D eigenvalue weighted by atomic mass is 10.0. The standard InChI is InChI=1S/C6H11NO2S/c1-9-6(8)5(7)4-2-10-3-4/h4-5H,2-3,7H2,1H3. The van der Waals surface area contributed by atoms with Crippen LogP contribution >= 0.6 is 11.8 Å². The van der Waals surface area contributed by atoms with Gasteiger partial charge in [-0.3, -0.25) is 4.79 Å². The van der Waals surface area contributed by atoms with Crippen LogP contribution in [0, 0.1) is 5.92 Å². The summed E-state index contributed by atoms with van der Waals surface area (Å²) in [7, 11) is 1.37. The topological polar surface area (TPSA) is 52.3 Å². The molecule has 0 saturated carbocycles. The summed E-state index contributed by atoms with van der Waals surface area (Å²) in [5.41, 5.74) is 5.55. The second-order valence-corrected chi connectivity index (χ2v) is 3.42. The Balaban J connectivity index is 2.31. The first-order chi connectivity index (χ1) is 4.75. The average molecular weight is 161 g/mol. The molecule has 10 heavy (non-hydrogen) atoms. The molecule has 0 aromatic heterocycles. The Kier molecular flexibility index (Phi) is 2.56. The fourth-order valence-electron chi connectivity index (χ4n) is 0.790. The van der Waals surface area contributed by atoms with E-state index in [4.69, 9.17) is 5.73 Å². The lowest BCUT2D eigenvalue weighted by molar-refractivity contribution is -0.143. The molecule has 1 aliphatic heterocycles. The Bertz CT molecular complexity index is 136. The number of thioether (sulfide) groups is 1. The molecule has 1 unspecified atom stereocenters. The summed E-state index contributed by atoms with van der Waals surface area (Å²) in [5.74, 6) is 2.05. The fourth-order valence-corrected chi connectivity index (χ4v) is 1.71. The monoisotopic (exact) mass is 161 g/mol. The van der Waals surface area contributed by atoms with Crippen LogP contribution in [0.1, 0.15) is 0 Å². The van der Waals surface area contributed by atoms with Crippen LogP contribution in [-0.2, 0) is 9.53 Å². The van der Waals surface area contributed by atoms with Crippen molar-refractivity contribution in [3.05, 3.63) is 0 Å². The molecule has 1 heterocycles. The third-order valence-corrected chi connectivity index (χ3v) is 2.97. The Morgan fingerprint density at radius 1 is 1.80 bits per heavy atom. The van der Waals surface area contributed by atoms with Crippen LogP contribution in [0.25, 0.3) is 0 Å². The number of rotatable bonds is 2. The Morgan fingerprint density at radius 2 is 2.40 bits per heavy atom. The van der Waals surface area contributed by atoms with Gasteiger partial charge in [-0.05, 0) is 11.5 Å². The third-order valence-electron chi connectivity index (χ3n) is 1.65. The highest BCUT2D eigenvalue weighted by Crippen LogP contribution is 2.26. The maximum absolute atomic E-state index is 10.8. The van der Waals surface area contributed by atoms with E-state index in [1.165, 1.54) is 7.11 Å². The van der Waals surface area contributed by atoms with Crippen LogP contribution in [0.3, 0.4) is 0 Å². The number of ether oxygens (including phenoxy) is 1. The summed E-state index contributed by atoms with van der Waals surface area (Å²) in [6.07, 6.45) is 0. The predicted molar refractivity (Wildman–Crippen MR) is 40.8 cm³/mol. The summed E-state index contributed by atoms with van der Waals surface area (Å²) in [6, 6.07) is -0.397. The number of carbonyl (C=O) groups is 1. The van der Waals surface area contributed by atoms with Crippen molar-refractivity contribution >= 4 is 17.7 Å². The molecule has 1 atom stereocenters. The molecular formula is C6H11NO2S. The highest BCUT2D eigenvalue weighted by atomic mass is 32.2. The van der Waals surface area contributed by atoms with E-state index >= 15 is 0 Å².